The Labute approximate surface area is 203 Å². The number of hydrogen-bond acceptors (Lipinski definition) is 3. The molecule has 2 aromatic rings. The van der Waals surface area contributed by atoms with Gasteiger partial charge in [0, 0.05) is 34.5 Å². The van der Waals surface area contributed by atoms with E-state index in [-0.39, 0.29) is 29.9 Å². The van der Waals surface area contributed by atoms with E-state index in [0.717, 1.165) is 5.56 Å². The molecule has 0 bridgehead atoms. The van der Waals surface area contributed by atoms with Crippen LogP contribution in [-0.4, -0.2) is 35.1 Å². The Balaban J connectivity index is 2.15. The number of rotatable bonds is 11. The Morgan fingerprint density at radius 3 is 2.41 bits per heavy atom. The van der Waals surface area contributed by atoms with E-state index >= 15 is 0 Å². The molecule has 0 saturated carbocycles. The Morgan fingerprint density at radius 2 is 1.81 bits per heavy atom. The van der Waals surface area contributed by atoms with Crippen molar-refractivity contribution in [2.45, 2.75) is 45.5 Å². The second kappa shape index (κ2) is 13.1. The van der Waals surface area contributed by atoms with E-state index in [9.17, 15) is 14.0 Å². The highest BCUT2D eigenvalue weighted by Crippen LogP contribution is 2.25. The van der Waals surface area contributed by atoms with Crippen molar-refractivity contribution < 1.29 is 14.0 Å². The Morgan fingerprint density at radius 1 is 1.12 bits per heavy atom. The first kappa shape index (κ1) is 26.5. The second-order valence-corrected chi connectivity index (χ2v) is 9.73. The van der Waals surface area contributed by atoms with Crippen LogP contribution >= 0.6 is 35.0 Å². The molecule has 0 aromatic heterocycles. The van der Waals surface area contributed by atoms with Crippen LogP contribution in [0.1, 0.15) is 38.3 Å². The fraction of sp³-hybridized carbons (Fsp3) is 0.417. The highest BCUT2D eigenvalue weighted by molar-refractivity contribution is 7.99. The van der Waals surface area contributed by atoms with Crippen molar-refractivity contribution in [1.82, 2.24) is 10.2 Å². The Kier molecular flexibility index (Phi) is 10.8. The number of carbonyl (C=O) groups excluding carboxylic acids is 2. The largest absolute Gasteiger partial charge is 0.354 e. The van der Waals surface area contributed by atoms with Crippen LogP contribution < -0.4 is 5.32 Å². The lowest BCUT2D eigenvalue weighted by molar-refractivity contribution is -0.139. The number of hydrogen-bond donors (Lipinski definition) is 1. The molecule has 2 rings (SSSR count). The van der Waals surface area contributed by atoms with E-state index in [1.54, 1.807) is 29.2 Å². The van der Waals surface area contributed by atoms with E-state index < -0.39 is 11.9 Å². The maximum atomic E-state index is 14.0. The molecule has 0 aliphatic rings. The number of carbonyl (C=O) groups is 2. The maximum absolute atomic E-state index is 14.0. The molecule has 32 heavy (non-hydrogen) atoms. The van der Waals surface area contributed by atoms with Crippen LogP contribution in [0.2, 0.25) is 10.0 Å². The summed E-state index contributed by atoms with van der Waals surface area (Å²) < 4.78 is 14.0. The van der Waals surface area contributed by atoms with Crippen molar-refractivity contribution in [2.24, 2.45) is 5.92 Å². The summed E-state index contributed by atoms with van der Waals surface area (Å²) in [7, 11) is 0. The first-order valence-electron chi connectivity index (χ1n) is 10.5. The standard InChI is InChI=1S/C24H29Cl2FN2O2S/c1-4-22(24(31)28-12-16(2)3)29(13-17-8-10-18(25)11-9-17)23(30)15-32-14-19-20(26)6-5-7-21(19)27/h5-11,16,22H,4,12-15H2,1-3H3,(H,28,31). The minimum Gasteiger partial charge on any atom is -0.354 e. The second-order valence-electron chi connectivity index (χ2n) is 7.90. The number of nitrogens with zero attached hydrogens (tertiary/aromatic N) is 1. The molecule has 0 heterocycles. The smallest absolute Gasteiger partial charge is 0.242 e. The molecule has 1 N–H and O–H groups in total. The Hall–Kier alpha value is -1.76. The first-order valence-corrected chi connectivity index (χ1v) is 12.5. The molecule has 174 valence electrons. The minimum atomic E-state index is -0.602. The van der Waals surface area contributed by atoms with Crippen molar-refractivity contribution in [3.8, 4) is 0 Å². The molecule has 1 unspecified atom stereocenters. The number of nitrogens with one attached hydrogen (secondary N) is 1. The summed E-state index contributed by atoms with van der Waals surface area (Å²) in [5.41, 5.74) is 1.25. The zero-order valence-electron chi connectivity index (χ0n) is 18.5. The average Bonchev–Trinajstić information content (AvgIpc) is 2.75. The normalized spacial score (nSPS) is 12.0. The third-order valence-electron chi connectivity index (χ3n) is 4.87. The highest BCUT2D eigenvalue weighted by Gasteiger charge is 2.28. The van der Waals surface area contributed by atoms with Gasteiger partial charge in [-0.1, -0.05) is 62.2 Å². The molecular weight excluding hydrogens is 470 g/mol. The molecule has 1 atom stereocenters. The molecule has 2 aromatic carbocycles. The first-order chi connectivity index (χ1) is 15.2. The summed E-state index contributed by atoms with van der Waals surface area (Å²) >= 11 is 13.3. The van der Waals surface area contributed by atoms with Crippen LogP contribution in [0, 0.1) is 11.7 Å². The summed E-state index contributed by atoms with van der Waals surface area (Å²) in [5.74, 6) is -0.0864. The summed E-state index contributed by atoms with van der Waals surface area (Å²) in [5, 5.41) is 3.87. The molecule has 4 nitrogen and oxygen atoms in total. The average molecular weight is 499 g/mol. The highest BCUT2D eigenvalue weighted by atomic mass is 35.5. The van der Waals surface area contributed by atoms with Gasteiger partial charge in [0.2, 0.25) is 11.8 Å². The molecule has 0 fully saturated rings. The zero-order chi connectivity index (χ0) is 23.7. The lowest BCUT2D eigenvalue weighted by atomic mass is 10.1. The summed E-state index contributed by atoms with van der Waals surface area (Å²) in [6, 6.07) is 11.1. The van der Waals surface area contributed by atoms with Crippen LogP contribution in [0.25, 0.3) is 0 Å². The molecule has 0 aliphatic carbocycles. The lowest BCUT2D eigenvalue weighted by Gasteiger charge is -2.31. The van der Waals surface area contributed by atoms with Crippen molar-refractivity contribution in [1.29, 1.82) is 0 Å². The van der Waals surface area contributed by atoms with Gasteiger partial charge in [0.25, 0.3) is 0 Å². The summed E-state index contributed by atoms with van der Waals surface area (Å²) in [4.78, 5) is 27.6. The van der Waals surface area contributed by atoms with E-state index in [2.05, 4.69) is 5.32 Å². The topological polar surface area (TPSA) is 49.4 Å². The van der Waals surface area contributed by atoms with E-state index in [0.29, 0.717) is 34.5 Å². The predicted octanol–water partition coefficient (Wildman–Crippen LogP) is 5.95. The monoisotopic (exact) mass is 498 g/mol. The predicted molar refractivity (Wildman–Crippen MR) is 132 cm³/mol. The van der Waals surface area contributed by atoms with Gasteiger partial charge in [0.05, 0.1) is 5.75 Å². The van der Waals surface area contributed by atoms with Gasteiger partial charge in [0.1, 0.15) is 11.9 Å². The molecule has 0 saturated heterocycles. The number of thioether (sulfide) groups is 1. The minimum absolute atomic E-state index is 0.103. The fourth-order valence-corrected chi connectivity index (χ4v) is 4.50. The number of benzene rings is 2. The van der Waals surface area contributed by atoms with Crippen LogP contribution in [0.15, 0.2) is 42.5 Å². The fourth-order valence-electron chi connectivity index (χ4n) is 3.12. The number of halogens is 3. The summed E-state index contributed by atoms with van der Waals surface area (Å²) in [6.07, 6.45) is 0.479. The van der Waals surface area contributed by atoms with Gasteiger partial charge in [-0.05, 0) is 42.2 Å². The van der Waals surface area contributed by atoms with E-state index in [1.165, 1.54) is 17.8 Å². The van der Waals surface area contributed by atoms with Gasteiger partial charge < -0.3 is 10.2 Å². The van der Waals surface area contributed by atoms with Crippen molar-refractivity contribution in [3.63, 3.8) is 0 Å². The SMILES string of the molecule is CCC(C(=O)NCC(C)C)N(Cc1ccc(Cl)cc1)C(=O)CSCc1c(F)cccc1Cl. The van der Waals surface area contributed by atoms with Crippen LogP contribution in [0.3, 0.4) is 0 Å². The Bertz CT molecular complexity index is 889. The van der Waals surface area contributed by atoms with E-state index in [1.807, 2.05) is 32.9 Å². The third-order valence-corrected chi connectivity index (χ3v) is 6.42. The van der Waals surface area contributed by atoms with Crippen LogP contribution in [-0.2, 0) is 21.9 Å². The summed E-state index contributed by atoms with van der Waals surface area (Å²) in [6.45, 7) is 6.74. The third kappa shape index (κ3) is 7.98. The van der Waals surface area contributed by atoms with Crippen molar-refractivity contribution in [3.05, 3.63) is 69.5 Å². The van der Waals surface area contributed by atoms with Gasteiger partial charge in [-0.2, -0.15) is 0 Å². The van der Waals surface area contributed by atoms with Crippen molar-refractivity contribution >= 4 is 46.8 Å². The maximum Gasteiger partial charge on any atom is 0.242 e. The van der Waals surface area contributed by atoms with E-state index in [4.69, 9.17) is 23.2 Å². The van der Waals surface area contributed by atoms with Crippen LogP contribution in [0.4, 0.5) is 4.39 Å². The molecule has 8 heteroatoms. The zero-order valence-corrected chi connectivity index (χ0v) is 20.9. The molecular formula is C24H29Cl2FN2O2S. The van der Waals surface area contributed by atoms with Gasteiger partial charge in [-0.25, -0.2) is 4.39 Å². The lowest BCUT2D eigenvalue weighted by Crippen LogP contribution is -2.50. The number of amides is 2. The molecule has 0 spiro atoms. The van der Waals surface area contributed by atoms with Crippen molar-refractivity contribution in [2.75, 3.05) is 12.3 Å². The molecule has 0 aliphatic heterocycles. The van der Waals surface area contributed by atoms with Gasteiger partial charge in [-0.3, -0.25) is 9.59 Å². The van der Waals surface area contributed by atoms with Gasteiger partial charge >= 0.3 is 0 Å². The quantitative estimate of drug-likeness (QED) is 0.416. The molecule has 2 amide bonds. The molecule has 0 radical (unpaired) electrons. The van der Waals surface area contributed by atoms with Gasteiger partial charge in [0.15, 0.2) is 0 Å². The van der Waals surface area contributed by atoms with Gasteiger partial charge in [-0.15, -0.1) is 11.8 Å². The van der Waals surface area contributed by atoms with Crippen LogP contribution in [0.5, 0.6) is 0 Å².